The monoisotopic (exact) mass is 236 g/mol. The first-order valence-electron chi connectivity index (χ1n) is 5.46. The Morgan fingerprint density at radius 3 is 2.65 bits per heavy atom. The van der Waals surface area contributed by atoms with Gasteiger partial charge in [0.25, 0.3) is 0 Å². The molecule has 0 saturated carbocycles. The van der Waals surface area contributed by atoms with E-state index in [1.807, 2.05) is 13.8 Å². The Labute approximate surface area is 102 Å². The minimum atomic E-state index is -0.312. The van der Waals surface area contributed by atoms with E-state index in [2.05, 4.69) is 0 Å². The highest BCUT2D eigenvalue weighted by Crippen LogP contribution is 2.32. The summed E-state index contributed by atoms with van der Waals surface area (Å²) < 4.78 is 5.18. The third kappa shape index (κ3) is 2.91. The number of phenolic OH excluding ortho intramolecular Hbond substituents is 1. The summed E-state index contributed by atoms with van der Waals surface area (Å²) in [5.74, 6) is 0.723. The Morgan fingerprint density at radius 2 is 2.12 bits per heavy atom. The summed E-state index contributed by atoms with van der Waals surface area (Å²) in [4.78, 5) is 0. The average Bonchev–Trinajstić information content (AvgIpc) is 2.31. The topological polar surface area (TPSA) is 81.5 Å². The van der Waals surface area contributed by atoms with Gasteiger partial charge in [-0.1, -0.05) is 19.9 Å². The standard InChI is InChI=1S/C13H20N2O2/c1-13(2,8-14)12(15)7-9-10(16)5-4-6-11(9)17-3/h4-7,16H,8,14-15H2,1-3H3. The summed E-state index contributed by atoms with van der Waals surface area (Å²) in [6, 6.07) is 5.08. The van der Waals surface area contributed by atoms with Gasteiger partial charge in [0.15, 0.2) is 0 Å². The average molecular weight is 236 g/mol. The SMILES string of the molecule is COc1cccc(O)c1C=C(N)C(C)(C)CN. The molecule has 0 heterocycles. The van der Waals surface area contributed by atoms with Crippen molar-refractivity contribution in [1.29, 1.82) is 0 Å². The van der Waals surface area contributed by atoms with Crippen LogP contribution in [0.15, 0.2) is 23.9 Å². The highest BCUT2D eigenvalue weighted by atomic mass is 16.5. The maximum absolute atomic E-state index is 9.80. The van der Waals surface area contributed by atoms with Gasteiger partial charge in [-0.15, -0.1) is 0 Å². The van der Waals surface area contributed by atoms with Crippen LogP contribution in [0.2, 0.25) is 0 Å². The third-order valence-electron chi connectivity index (χ3n) is 2.85. The minimum absolute atomic E-state index is 0.139. The van der Waals surface area contributed by atoms with E-state index in [-0.39, 0.29) is 11.2 Å². The Balaban J connectivity index is 3.22. The van der Waals surface area contributed by atoms with E-state index in [9.17, 15) is 5.11 Å². The predicted molar refractivity (Wildman–Crippen MR) is 69.7 cm³/mol. The second-order valence-electron chi connectivity index (χ2n) is 4.58. The zero-order valence-electron chi connectivity index (χ0n) is 10.5. The van der Waals surface area contributed by atoms with Crippen LogP contribution in [-0.4, -0.2) is 18.8 Å². The lowest BCUT2D eigenvalue weighted by Gasteiger charge is -2.23. The van der Waals surface area contributed by atoms with E-state index in [1.54, 1.807) is 31.4 Å². The first-order chi connectivity index (χ1) is 7.92. The van der Waals surface area contributed by atoms with Crippen LogP contribution in [0.1, 0.15) is 19.4 Å². The number of ether oxygens (including phenoxy) is 1. The molecule has 0 spiro atoms. The van der Waals surface area contributed by atoms with Crippen molar-refractivity contribution in [2.75, 3.05) is 13.7 Å². The highest BCUT2D eigenvalue weighted by molar-refractivity contribution is 5.66. The summed E-state index contributed by atoms with van der Waals surface area (Å²) in [5, 5.41) is 9.80. The molecule has 4 heteroatoms. The zero-order chi connectivity index (χ0) is 13.1. The van der Waals surface area contributed by atoms with Crippen molar-refractivity contribution in [3.63, 3.8) is 0 Å². The number of benzene rings is 1. The molecule has 0 radical (unpaired) electrons. The largest absolute Gasteiger partial charge is 0.507 e. The van der Waals surface area contributed by atoms with Gasteiger partial charge in [-0.25, -0.2) is 0 Å². The molecule has 0 aliphatic carbocycles. The number of methoxy groups -OCH3 is 1. The molecule has 4 nitrogen and oxygen atoms in total. The first kappa shape index (κ1) is 13.4. The summed E-state index contributed by atoms with van der Waals surface area (Å²) in [6.07, 6.45) is 1.71. The lowest BCUT2D eigenvalue weighted by Crippen LogP contribution is -2.29. The van der Waals surface area contributed by atoms with Gasteiger partial charge in [-0.3, -0.25) is 0 Å². The molecule has 5 N–H and O–H groups in total. The molecule has 0 atom stereocenters. The fourth-order valence-electron chi connectivity index (χ4n) is 1.32. The highest BCUT2D eigenvalue weighted by Gasteiger charge is 2.20. The van der Waals surface area contributed by atoms with Crippen LogP contribution in [0.25, 0.3) is 6.08 Å². The number of hydrogen-bond acceptors (Lipinski definition) is 4. The first-order valence-corrected chi connectivity index (χ1v) is 5.46. The Morgan fingerprint density at radius 1 is 1.47 bits per heavy atom. The van der Waals surface area contributed by atoms with Gasteiger partial charge in [-0.2, -0.15) is 0 Å². The van der Waals surface area contributed by atoms with Crippen molar-refractivity contribution in [3.8, 4) is 11.5 Å². The van der Waals surface area contributed by atoms with Gasteiger partial charge in [-0.05, 0) is 18.2 Å². The summed E-state index contributed by atoms with van der Waals surface area (Å²) in [7, 11) is 1.55. The molecule has 0 aliphatic rings. The van der Waals surface area contributed by atoms with E-state index in [1.165, 1.54) is 0 Å². The van der Waals surface area contributed by atoms with E-state index in [4.69, 9.17) is 16.2 Å². The summed E-state index contributed by atoms with van der Waals surface area (Å²) in [5.41, 5.74) is 12.5. The number of nitrogens with two attached hydrogens (primary N) is 2. The lowest BCUT2D eigenvalue weighted by atomic mass is 9.88. The van der Waals surface area contributed by atoms with Crippen LogP contribution in [0, 0.1) is 5.41 Å². The molecular weight excluding hydrogens is 216 g/mol. The molecule has 0 bridgehead atoms. The molecule has 1 aromatic carbocycles. The molecule has 1 rings (SSSR count). The molecule has 0 aliphatic heterocycles. The molecule has 0 aromatic heterocycles. The van der Waals surface area contributed by atoms with Gasteiger partial charge in [0.05, 0.1) is 12.7 Å². The summed E-state index contributed by atoms with van der Waals surface area (Å²) in [6.45, 7) is 4.34. The van der Waals surface area contributed by atoms with Crippen molar-refractivity contribution < 1.29 is 9.84 Å². The normalized spacial score (nSPS) is 12.6. The molecule has 0 amide bonds. The fourth-order valence-corrected chi connectivity index (χ4v) is 1.32. The lowest BCUT2D eigenvalue weighted by molar-refractivity contribution is 0.405. The van der Waals surface area contributed by atoms with Gasteiger partial charge in [0.1, 0.15) is 11.5 Å². The Bertz CT molecular complexity index is 425. The van der Waals surface area contributed by atoms with Crippen molar-refractivity contribution in [3.05, 3.63) is 29.5 Å². The van der Waals surface area contributed by atoms with E-state index < -0.39 is 0 Å². The number of rotatable bonds is 4. The zero-order valence-corrected chi connectivity index (χ0v) is 10.5. The van der Waals surface area contributed by atoms with Crippen molar-refractivity contribution >= 4 is 6.08 Å². The van der Waals surface area contributed by atoms with Crippen LogP contribution in [0.4, 0.5) is 0 Å². The smallest absolute Gasteiger partial charge is 0.129 e. The number of phenols is 1. The van der Waals surface area contributed by atoms with Crippen molar-refractivity contribution in [1.82, 2.24) is 0 Å². The predicted octanol–water partition coefficient (Wildman–Crippen LogP) is 1.69. The van der Waals surface area contributed by atoms with Gasteiger partial charge >= 0.3 is 0 Å². The maximum Gasteiger partial charge on any atom is 0.129 e. The fraction of sp³-hybridized carbons (Fsp3) is 0.385. The third-order valence-corrected chi connectivity index (χ3v) is 2.85. The van der Waals surface area contributed by atoms with Gasteiger partial charge < -0.3 is 21.3 Å². The second kappa shape index (κ2) is 5.10. The molecule has 0 fully saturated rings. The van der Waals surface area contributed by atoms with E-state index in [0.29, 0.717) is 23.6 Å². The van der Waals surface area contributed by atoms with Gasteiger partial charge in [0.2, 0.25) is 0 Å². The molecule has 0 unspecified atom stereocenters. The van der Waals surface area contributed by atoms with Crippen LogP contribution in [0.3, 0.4) is 0 Å². The molecular formula is C13H20N2O2. The number of hydrogen-bond donors (Lipinski definition) is 3. The number of aromatic hydroxyl groups is 1. The van der Waals surface area contributed by atoms with Crippen LogP contribution in [-0.2, 0) is 0 Å². The Hall–Kier alpha value is -1.68. The van der Waals surface area contributed by atoms with Gasteiger partial charge in [0, 0.05) is 17.7 Å². The molecule has 17 heavy (non-hydrogen) atoms. The second-order valence-corrected chi connectivity index (χ2v) is 4.58. The van der Waals surface area contributed by atoms with Crippen molar-refractivity contribution in [2.24, 2.45) is 16.9 Å². The van der Waals surface area contributed by atoms with Crippen LogP contribution < -0.4 is 16.2 Å². The van der Waals surface area contributed by atoms with Crippen LogP contribution in [0.5, 0.6) is 11.5 Å². The molecule has 1 aromatic rings. The van der Waals surface area contributed by atoms with E-state index in [0.717, 1.165) is 0 Å². The van der Waals surface area contributed by atoms with Crippen molar-refractivity contribution in [2.45, 2.75) is 13.8 Å². The maximum atomic E-state index is 9.80. The van der Waals surface area contributed by atoms with E-state index >= 15 is 0 Å². The summed E-state index contributed by atoms with van der Waals surface area (Å²) >= 11 is 0. The van der Waals surface area contributed by atoms with Crippen LogP contribution >= 0.6 is 0 Å². The Kier molecular flexibility index (Phi) is 4.02. The molecule has 94 valence electrons. The minimum Gasteiger partial charge on any atom is -0.507 e. The quantitative estimate of drug-likeness (QED) is 0.743. The molecule has 0 saturated heterocycles.